The summed E-state index contributed by atoms with van der Waals surface area (Å²) in [5.74, 6) is 0.418. The molecule has 5 heteroatoms. The zero-order valence-corrected chi connectivity index (χ0v) is 13.1. The summed E-state index contributed by atoms with van der Waals surface area (Å²) in [6.07, 6.45) is 1.63. The second kappa shape index (κ2) is 7.57. The van der Waals surface area contributed by atoms with Crippen molar-refractivity contribution >= 4 is 16.7 Å². The third-order valence-corrected chi connectivity index (χ3v) is 3.65. The summed E-state index contributed by atoms with van der Waals surface area (Å²) in [6.45, 7) is 0.488. The maximum absolute atomic E-state index is 12.5. The Hall–Kier alpha value is -2.92. The van der Waals surface area contributed by atoms with Gasteiger partial charge in [-0.25, -0.2) is 0 Å². The Morgan fingerprint density at radius 3 is 2.75 bits per heavy atom. The molecule has 0 fully saturated rings. The molecule has 0 aliphatic heterocycles. The molecule has 3 rings (SSSR count). The maximum Gasteiger partial charge on any atom is 0.270 e. The molecule has 122 valence electrons. The number of nitrogens with zero attached hydrogens (tertiary/aromatic N) is 1. The fourth-order valence-electron chi connectivity index (χ4n) is 2.51. The van der Waals surface area contributed by atoms with E-state index in [9.17, 15) is 4.79 Å². The maximum atomic E-state index is 12.5. The van der Waals surface area contributed by atoms with Crippen LogP contribution in [0.5, 0.6) is 5.75 Å². The lowest BCUT2D eigenvalue weighted by molar-refractivity contribution is 0.0947. The number of fused-ring (bicyclic) bond motifs is 1. The molecule has 0 saturated carbocycles. The first-order valence-electron chi connectivity index (χ1n) is 7.73. The van der Waals surface area contributed by atoms with E-state index in [2.05, 4.69) is 10.3 Å². The molecule has 0 saturated heterocycles. The summed E-state index contributed by atoms with van der Waals surface area (Å²) in [7, 11) is 0. The van der Waals surface area contributed by atoms with Gasteiger partial charge in [-0.15, -0.1) is 0 Å². The third kappa shape index (κ3) is 3.52. The molecule has 0 unspecified atom stereocenters. The summed E-state index contributed by atoms with van der Waals surface area (Å²) in [4.78, 5) is 16.7. The SMILES string of the molecule is O=C(NCc1ccccc1OCCO)c1nccc2ccccc12. The summed E-state index contributed by atoms with van der Waals surface area (Å²) in [5, 5.41) is 13.6. The average molecular weight is 322 g/mol. The number of hydrogen-bond donors (Lipinski definition) is 2. The lowest BCUT2D eigenvalue weighted by Crippen LogP contribution is -2.24. The molecule has 0 aliphatic carbocycles. The van der Waals surface area contributed by atoms with E-state index in [0.29, 0.717) is 18.0 Å². The van der Waals surface area contributed by atoms with Crippen molar-refractivity contribution in [1.82, 2.24) is 10.3 Å². The standard InChI is InChI=1S/C19H18N2O3/c22-11-12-24-17-8-4-2-6-15(17)13-21-19(23)18-16-7-3-1-5-14(16)9-10-20-18/h1-10,22H,11-13H2,(H,21,23). The van der Waals surface area contributed by atoms with Gasteiger partial charge in [0.2, 0.25) is 0 Å². The Balaban J connectivity index is 1.76. The molecule has 1 heterocycles. The highest BCUT2D eigenvalue weighted by Gasteiger charge is 2.12. The fraction of sp³-hybridized carbons (Fsp3) is 0.158. The molecular weight excluding hydrogens is 304 g/mol. The predicted molar refractivity (Wildman–Crippen MR) is 91.9 cm³/mol. The first-order valence-corrected chi connectivity index (χ1v) is 7.73. The van der Waals surface area contributed by atoms with Gasteiger partial charge in [0.1, 0.15) is 18.1 Å². The van der Waals surface area contributed by atoms with Crippen molar-refractivity contribution in [3.8, 4) is 5.75 Å². The number of nitrogens with one attached hydrogen (secondary N) is 1. The summed E-state index contributed by atoms with van der Waals surface area (Å²) in [6, 6.07) is 17.0. The topological polar surface area (TPSA) is 71.5 Å². The van der Waals surface area contributed by atoms with E-state index in [4.69, 9.17) is 9.84 Å². The number of rotatable bonds is 6. The predicted octanol–water partition coefficient (Wildman–Crippen LogP) is 2.54. The molecule has 5 nitrogen and oxygen atoms in total. The molecule has 1 amide bonds. The highest BCUT2D eigenvalue weighted by atomic mass is 16.5. The number of aliphatic hydroxyl groups excluding tert-OH is 1. The average Bonchev–Trinajstić information content (AvgIpc) is 2.64. The van der Waals surface area contributed by atoms with Gasteiger partial charge in [-0.2, -0.15) is 0 Å². The van der Waals surface area contributed by atoms with E-state index in [0.717, 1.165) is 16.3 Å². The van der Waals surface area contributed by atoms with Gasteiger partial charge in [-0.05, 0) is 17.5 Å². The lowest BCUT2D eigenvalue weighted by atomic mass is 10.1. The van der Waals surface area contributed by atoms with E-state index in [1.165, 1.54) is 0 Å². The van der Waals surface area contributed by atoms with Crippen LogP contribution in [0, 0.1) is 0 Å². The van der Waals surface area contributed by atoms with Gasteiger partial charge in [0.05, 0.1) is 6.61 Å². The van der Waals surface area contributed by atoms with Crippen LogP contribution in [0.1, 0.15) is 16.1 Å². The number of benzene rings is 2. The molecular formula is C19H18N2O3. The number of aliphatic hydroxyl groups is 1. The van der Waals surface area contributed by atoms with Crippen LogP contribution < -0.4 is 10.1 Å². The number of carbonyl (C=O) groups excluding carboxylic acids is 1. The van der Waals surface area contributed by atoms with Crippen LogP contribution in [0.2, 0.25) is 0 Å². The second-order valence-electron chi connectivity index (χ2n) is 5.24. The Bertz CT molecular complexity index is 843. The third-order valence-electron chi connectivity index (χ3n) is 3.65. The fourth-order valence-corrected chi connectivity index (χ4v) is 2.51. The molecule has 24 heavy (non-hydrogen) atoms. The van der Waals surface area contributed by atoms with Gasteiger partial charge >= 0.3 is 0 Å². The van der Waals surface area contributed by atoms with Crippen LogP contribution in [0.4, 0.5) is 0 Å². The number of hydrogen-bond acceptors (Lipinski definition) is 4. The first-order chi connectivity index (χ1) is 11.8. The van der Waals surface area contributed by atoms with Gasteiger partial charge in [0.15, 0.2) is 0 Å². The Morgan fingerprint density at radius 2 is 1.88 bits per heavy atom. The highest BCUT2D eigenvalue weighted by Crippen LogP contribution is 2.19. The van der Waals surface area contributed by atoms with Crippen LogP contribution in [-0.2, 0) is 6.54 Å². The number of carbonyl (C=O) groups is 1. The van der Waals surface area contributed by atoms with Crippen molar-refractivity contribution in [2.24, 2.45) is 0 Å². The second-order valence-corrected chi connectivity index (χ2v) is 5.24. The molecule has 2 N–H and O–H groups in total. The van der Waals surface area contributed by atoms with Crippen molar-refractivity contribution in [2.45, 2.75) is 6.54 Å². The van der Waals surface area contributed by atoms with Gasteiger partial charge < -0.3 is 15.2 Å². The largest absolute Gasteiger partial charge is 0.491 e. The minimum atomic E-state index is -0.233. The Morgan fingerprint density at radius 1 is 1.08 bits per heavy atom. The molecule has 0 radical (unpaired) electrons. The summed E-state index contributed by atoms with van der Waals surface area (Å²) < 4.78 is 5.48. The molecule has 0 aliphatic rings. The Kier molecular flexibility index (Phi) is 5.03. The molecule has 3 aromatic rings. The van der Waals surface area contributed by atoms with E-state index in [1.54, 1.807) is 6.20 Å². The smallest absolute Gasteiger partial charge is 0.270 e. The van der Waals surface area contributed by atoms with Crippen molar-refractivity contribution in [3.63, 3.8) is 0 Å². The van der Waals surface area contributed by atoms with E-state index >= 15 is 0 Å². The van der Waals surface area contributed by atoms with Crippen molar-refractivity contribution in [1.29, 1.82) is 0 Å². The van der Waals surface area contributed by atoms with Gasteiger partial charge in [-0.3, -0.25) is 9.78 Å². The monoisotopic (exact) mass is 322 g/mol. The van der Waals surface area contributed by atoms with Gasteiger partial charge in [0, 0.05) is 23.7 Å². The summed E-state index contributed by atoms with van der Waals surface area (Å²) in [5.41, 5.74) is 1.25. The van der Waals surface area contributed by atoms with Crippen LogP contribution in [-0.4, -0.2) is 29.2 Å². The van der Waals surface area contributed by atoms with Crippen LogP contribution >= 0.6 is 0 Å². The minimum Gasteiger partial charge on any atom is -0.491 e. The van der Waals surface area contributed by atoms with E-state index in [1.807, 2.05) is 54.6 Å². The van der Waals surface area contributed by atoms with Crippen molar-refractivity contribution < 1.29 is 14.6 Å². The number of amides is 1. The van der Waals surface area contributed by atoms with Crippen LogP contribution in [0.25, 0.3) is 10.8 Å². The Labute approximate surface area is 139 Å². The number of aromatic nitrogens is 1. The molecule has 2 aromatic carbocycles. The molecule has 1 aromatic heterocycles. The molecule has 0 atom stereocenters. The number of pyridine rings is 1. The molecule has 0 spiro atoms. The van der Waals surface area contributed by atoms with Crippen molar-refractivity contribution in [3.05, 3.63) is 72.1 Å². The lowest BCUT2D eigenvalue weighted by Gasteiger charge is -2.12. The van der Waals surface area contributed by atoms with Gasteiger partial charge in [-0.1, -0.05) is 42.5 Å². The zero-order valence-electron chi connectivity index (χ0n) is 13.1. The van der Waals surface area contributed by atoms with E-state index in [-0.39, 0.29) is 19.1 Å². The van der Waals surface area contributed by atoms with Gasteiger partial charge in [0.25, 0.3) is 5.91 Å². The zero-order chi connectivity index (χ0) is 16.8. The summed E-state index contributed by atoms with van der Waals surface area (Å²) >= 11 is 0. The number of ether oxygens (including phenoxy) is 1. The van der Waals surface area contributed by atoms with Crippen molar-refractivity contribution in [2.75, 3.05) is 13.2 Å². The minimum absolute atomic E-state index is 0.0549. The first kappa shape index (κ1) is 16.0. The normalized spacial score (nSPS) is 10.5. The molecule has 0 bridgehead atoms. The highest BCUT2D eigenvalue weighted by molar-refractivity contribution is 6.05. The quantitative estimate of drug-likeness (QED) is 0.731. The van der Waals surface area contributed by atoms with E-state index < -0.39 is 0 Å². The number of para-hydroxylation sites is 1. The van der Waals surface area contributed by atoms with Crippen LogP contribution in [0.15, 0.2) is 60.8 Å². The van der Waals surface area contributed by atoms with Crippen LogP contribution in [0.3, 0.4) is 0 Å².